The number of halogens is 1. The van der Waals surface area contributed by atoms with Crippen molar-refractivity contribution >= 4 is 23.2 Å². The molecule has 0 bridgehead atoms. The molecule has 1 aromatic carbocycles. The van der Waals surface area contributed by atoms with Gasteiger partial charge in [-0.25, -0.2) is 0 Å². The van der Waals surface area contributed by atoms with Crippen LogP contribution in [-0.2, 0) is 0 Å². The fraction of sp³-hybridized carbons (Fsp3) is 0.462. The Labute approximate surface area is 122 Å². The lowest BCUT2D eigenvalue weighted by Crippen LogP contribution is -2.52. The third-order valence-electron chi connectivity index (χ3n) is 3.64. The number of hydrogen-bond donors (Lipinski definition) is 0. The van der Waals surface area contributed by atoms with Gasteiger partial charge < -0.3 is 9.80 Å². The summed E-state index contributed by atoms with van der Waals surface area (Å²) in [4.78, 5) is 26.6. The Kier molecular flexibility index (Phi) is 4.25. The maximum absolute atomic E-state index is 12.4. The molecule has 1 aliphatic heterocycles. The summed E-state index contributed by atoms with van der Waals surface area (Å²) >= 11 is 5.75. The molecule has 1 heterocycles. The van der Waals surface area contributed by atoms with Gasteiger partial charge in [0.15, 0.2) is 0 Å². The summed E-state index contributed by atoms with van der Waals surface area (Å²) in [6.45, 7) is 4.08. The van der Waals surface area contributed by atoms with Gasteiger partial charge >= 0.3 is 0 Å². The molecule has 0 radical (unpaired) electrons. The molecule has 1 atom stereocenters. The van der Waals surface area contributed by atoms with Gasteiger partial charge in [0.25, 0.3) is 11.6 Å². The predicted octanol–water partition coefficient (Wildman–Crippen LogP) is 2.02. The molecule has 0 aromatic heterocycles. The molecule has 1 saturated heterocycles. The Balaban J connectivity index is 2.21. The van der Waals surface area contributed by atoms with Crippen LogP contribution in [0.15, 0.2) is 18.2 Å². The lowest BCUT2D eigenvalue weighted by Gasteiger charge is -2.37. The summed E-state index contributed by atoms with van der Waals surface area (Å²) in [7, 11) is 2.01. The number of nitrogens with zero attached hydrogens (tertiary/aromatic N) is 3. The SMILES string of the molecule is CC1CN(C(=O)c2ccc(Cl)c([N+](=O)[O-])c2)CCN1C. The first-order valence-electron chi connectivity index (χ1n) is 6.33. The van der Waals surface area contributed by atoms with Crippen LogP contribution in [0.25, 0.3) is 0 Å². The summed E-state index contributed by atoms with van der Waals surface area (Å²) < 4.78 is 0. The van der Waals surface area contributed by atoms with Gasteiger partial charge in [0.2, 0.25) is 0 Å². The van der Waals surface area contributed by atoms with E-state index in [1.807, 2.05) is 14.0 Å². The molecule has 0 saturated carbocycles. The average Bonchev–Trinajstić information content (AvgIpc) is 2.41. The van der Waals surface area contributed by atoms with Crippen LogP contribution in [0.5, 0.6) is 0 Å². The molecule has 1 aliphatic rings. The highest BCUT2D eigenvalue weighted by Crippen LogP contribution is 2.26. The Morgan fingerprint density at radius 2 is 2.15 bits per heavy atom. The molecule has 0 spiro atoms. The predicted molar refractivity (Wildman–Crippen MR) is 76.1 cm³/mol. The lowest BCUT2D eigenvalue weighted by molar-refractivity contribution is -0.384. The Morgan fingerprint density at radius 1 is 1.45 bits per heavy atom. The van der Waals surface area contributed by atoms with Gasteiger partial charge in [-0.3, -0.25) is 14.9 Å². The highest BCUT2D eigenvalue weighted by atomic mass is 35.5. The fourth-order valence-corrected chi connectivity index (χ4v) is 2.39. The molecule has 108 valence electrons. The molecule has 1 fully saturated rings. The van der Waals surface area contributed by atoms with Crippen LogP contribution >= 0.6 is 11.6 Å². The molecule has 0 aliphatic carbocycles. The van der Waals surface area contributed by atoms with Crippen LogP contribution in [0, 0.1) is 10.1 Å². The first kappa shape index (κ1) is 14.7. The average molecular weight is 298 g/mol. The molecule has 0 N–H and O–H groups in total. The topological polar surface area (TPSA) is 66.7 Å². The third kappa shape index (κ3) is 2.91. The second kappa shape index (κ2) is 5.76. The van der Waals surface area contributed by atoms with Crippen molar-refractivity contribution in [3.8, 4) is 0 Å². The van der Waals surface area contributed by atoms with Gasteiger partial charge in [-0.05, 0) is 26.1 Å². The third-order valence-corrected chi connectivity index (χ3v) is 3.96. The van der Waals surface area contributed by atoms with E-state index in [9.17, 15) is 14.9 Å². The fourth-order valence-electron chi connectivity index (χ4n) is 2.20. The summed E-state index contributed by atoms with van der Waals surface area (Å²) in [6.07, 6.45) is 0. The summed E-state index contributed by atoms with van der Waals surface area (Å²) in [6, 6.07) is 4.44. The van der Waals surface area contributed by atoms with Gasteiger partial charge in [0, 0.05) is 37.3 Å². The smallest absolute Gasteiger partial charge is 0.288 e. The second-order valence-corrected chi connectivity index (χ2v) is 5.41. The highest BCUT2D eigenvalue weighted by molar-refractivity contribution is 6.32. The van der Waals surface area contributed by atoms with Crippen LogP contribution in [0.4, 0.5) is 5.69 Å². The summed E-state index contributed by atoms with van der Waals surface area (Å²) in [5.74, 6) is -0.190. The number of rotatable bonds is 2. The molecule has 20 heavy (non-hydrogen) atoms. The van der Waals surface area contributed by atoms with Crippen molar-refractivity contribution in [2.75, 3.05) is 26.7 Å². The van der Waals surface area contributed by atoms with Gasteiger partial charge in [-0.1, -0.05) is 11.6 Å². The minimum absolute atomic E-state index is 0.0401. The number of hydrogen-bond acceptors (Lipinski definition) is 4. The molecule has 6 nitrogen and oxygen atoms in total. The number of nitro benzene ring substituents is 1. The van der Waals surface area contributed by atoms with Crippen molar-refractivity contribution in [2.24, 2.45) is 0 Å². The van der Waals surface area contributed by atoms with Crippen LogP contribution in [-0.4, -0.2) is 53.4 Å². The van der Waals surface area contributed by atoms with E-state index < -0.39 is 4.92 Å². The summed E-state index contributed by atoms with van der Waals surface area (Å²) in [5, 5.41) is 10.9. The van der Waals surface area contributed by atoms with E-state index in [0.29, 0.717) is 18.7 Å². The number of likely N-dealkylation sites (N-methyl/N-ethyl adjacent to an activating group) is 1. The largest absolute Gasteiger partial charge is 0.336 e. The van der Waals surface area contributed by atoms with Crippen LogP contribution in [0.2, 0.25) is 5.02 Å². The standard InChI is InChI=1S/C13H16ClN3O3/c1-9-8-16(6-5-15(9)2)13(18)10-3-4-11(14)12(7-10)17(19)20/h3-4,7,9H,5-6,8H2,1-2H3. The second-order valence-electron chi connectivity index (χ2n) is 5.00. The van der Waals surface area contributed by atoms with E-state index in [0.717, 1.165) is 6.54 Å². The Hall–Kier alpha value is -1.66. The normalized spacial score (nSPS) is 19.9. The number of carbonyl (C=O) groups is 1. The maximum Gasteiger partial charge on any atom is 0.288 e. The molecular weight excluding hydrogens is 282 g/mol. The minimum Gasteiger partial charge on any atom is -0.336 e. The van der Waals surface area contributed by atoms with E-state index in [1.165, 1.54) is 18.2 Å². The van der Waals surface area contributed by atoms with Crippen molar-refractivity contribution in [1.29, 1.82) is 0 Å². The zero-order valence-corrected chi connectivity index (χ0v) is 12.1. The zero-order valence-electron chi connectivity index (χ0n) is 11.4. The number of carbonyl (C=O) groups excluding carboxylic acids is 1. The molecule has 1 amide bonds. The van der Waals surface area contributed by atoms with E-state index in [2.05, 4.69) is 4.90 Å². The van der Waals surface area contributed by atoms with E-state index in [1.54, 1.807) is 4.90 Å². The van der Waals surface area contributed by atoms with E-state index >= 15 is 0 Å². The van der Waals surface area contributed by atoms with Crippen molar-refractivity contribution < 1.29 is 9.72 Å². The van der Waals surface area contributed by atoms with Crippen molar-refractivity contribution in [2.45, 2.75) is 13.0 Å². The zero-order chi connectivity index (χ0) is 14.9. The molecule has 2 rings (SSSR count). The van der Waals surface area contributed by atoms with Gasteiger partial charge in [0.1, 0.15) is 5.02 Å². The Bertz CT molecular complexity index is 550. The van der Waals surface area contributed by atoms with Crippen LogP contribution < -0.4 is 0 Å². The van der Waals surface area contributed by atoms with Crippen molar-refractivity contribution in [1.82, 2.24) is 9.80 Å². The number of piperazine rings is 1. The minimum atomic E-state index is -0.578. The maximum atomic E-state index is 12.4. The Morgan fingerprint density at radius 3 is 2.75 bits per heavy atom. The van der Waals surface area contributed by atoms with E-state index in [-0.39, 0.29) is 22.7 Å². The molecule has 7 heteroatoms. The monoisotopic (exact) mass is 297 g/mol. The van der Waals surface area contributed by atoms with Gasteiger partial charge in [0.05, 0.1) is 4.92 Å². The van der Waals surface area contributed by atoms with Crippen molar-refractivity contribution in [3.05, 3.63) is 38.9 Å². The number of amides is 1. The van der Waals surface area contributed by atoms with E-state index in [4.69, 9.17) is 11.6 Å². The number of benzene rings is 1. The number of nitro groups is 1. The van der Waals surface area contributed by atoms with Gasteiger partial charge in [-0.15, -0.1) is 0 Å². The summed E-state index contributed by atoms with van der Waals surface area (Å²) in [5.41, 5.74) is 0.0672. The quantitative estimate of drug-likeness (QED) is 0.619. The molecule has 1 unspecified atom stereocenters. The first-order chi connectivity index (χ1) is 9.40. The highest BCUT2D eigenvalue weighted by Gasteiger charge is 2.26. The van der Waals surface area contributed by atoms with Gasteiger partial charge in [-0.2, -0.15) is 0 Å². The molecule has 1 aromatic rings. The first-order valence-corrected chi connectivity index (χ1v) is 6.71. The molecular formula is C13H16ClN3O3. The van der Waals surface area contributed by atoms with Crippen LogP contribution in [0.1, 0.15) is 17.3 Å². The lowest BCUT2D eigenvalue weighted by atomic mass is 10.1. The van der Waals surface area contributed by atoms with Crippen molar-refractivity contribution in [3.63, 3.8) is 0 Å². The van der Waals surface area contributed by atoms with Crippen LogP contribution in [0.3, 0.4) is 0 Å².